The zero-order chi connectivity index (χ0) is 13.3. The van der Waals surface area contributed by atoms with Crippen molar-refractivity contribution >= 4 is 23.4 Å². The van der Waals surface area contributed by atoms with Crippen LogP contribution in [-0.4, -0.2) is 35.1 Å². The third-order valence-corrected chi connectivity index (χ3v) is 2.99. The number of hydrogen-bond acceptors (Lipinski definition) is 3. The number of carbonyl (C=O) groups is 2. The molecule has 0 spiro atoms. The summed E-state index contributed by atoms with van der Waals surface area (Å²) in [7, 11) is 0. The molecule has 1 heterocycles. The van der Waals surface area contributed by atoms with E-state index in [0.717, 1.165) is 5.56 Å². The SMILES string of the molecule is Cc1ccc(N)c(NC(=O)C2CN(C(=O)O)C2)c1. The summed E-state index contributed by atoms with van der Waals surface area (Å²) in [4.78, 5) is 23.6. The number of benzene rings is 1. The van der Waals surface area contributed by atoms with Crippen LogP contribution in [0.2, 0.25) is 0 Å². The topological polar surface area (TPSA) is 95.7 Å². The van der Waals surface area contributed by atoms with Crippen LogP contribution in [0.5, 0.6) is 0 Å². The molecule has 0 aromatic heterocycles. The molecule has 96 valence electrons. The van der Waals surface area contributed by atoms with Crippen molar-refractivity contribution in [3.8, 4) is 0 Å². The minimum absolute atomic E-state index is 0.190. The average Bonchev–Trinajstić information content (AvgIpc) is 2.20. The Hall–Kier alpha value is -2.24. The Kier molecular flexibility index (Phi) is 3.10. The largest absolute Gasteiger partial charge is 0.465 e. The minimum atomic E-state index is -0.992. The Labute approximate surface area is 104 Å². The van der Waals surface area contributed by atoms with Crippen molar-refractivity contribution in [1.82, 2.24) is 4.90 Å². The van der Waals surface area contributed by atoms with Crippen LogP contribution in [-0.2, 0) is 4.79 Å². The molecule has 6 heteroatoms. The highest BCUT2D eigenvalue weighted by atomic mass is 16.4. The Morgan fingerprint density at radius 2 is 2.11 bits per heavy atom. The molecule has 2 rings (SSSR count). The molecule has 18 heavy (non-hydrogen) atoms. The normalized spacial score (nSPS) is 15.1. The quantitative estimate of drug-likeness (QED) is 0.684. The van der Waals surface area contributed by atoms with E-state index in [0.29, 0.717) is 11.4 Å². The molecule has 1 aromatic rings. The number of hydrogen-bond donors (Lipinski definition) is 3. The number of nitrogens with one attached hydrogen (secondary N) is 1. The maximum Gasteiger partial charge on any atom is 0.407 e. The van der Waals surface area contributed by atoms with E-state index in [1.54, 1.807) is 12.1 Å². The van der Waals surface area contributed by atoms with Gasteiger partial charge in [-0.25, -0.2) is 4.79 Å². The highest BCUT2D eigenvalue weighted by Gasteiger charge is 2.35. The first-order valence-electron chi connectivity index (χ1n) is 5.62. The molecule has 1 fully saturated rings. The summed E-state index contributed by atoms with van der Waals surface area (Å²) < 4.78 is 0. The Morgan fingerprint density at radius 1 is 1.44 bits per heavy atom. The van der Waals surface area contributed by atoms with Crippen LogP contribution >= 0.6 is 0 Å². The molecule has 0 unspecified atom stereocenters. The summed E-state index contributed by atoms with van der Waals surface area (Å²) in [5, 5.41) is 11.4. The predicted molar refractivity (Wildman–Crippen MR) is 67.3 cm³/mol. The van der Waals surface area contributed by atoms with Crippen LogP contribution in [0, 0.1) is 12.8 Å². The van der Waals surface area contributed by atoms with E-state index in [2.05, 4.69) is 5.32 Å². The number of rotatable bonds is 2. The number of carboxylic acid groups (broad SMARTS) is 1. The lowest BCUT2D eigenvalue weighted by atomic mass is 10.00. The standard InChI is InChI=1S/C12H15N3O3/c1-7-2-3-9(13)10(4-7)14-11(16)8-5-15(6-8)12(17)18/h2-4,8H,5-6,13H2,1H3,(H,14,16)(H,17,18). The fourth-order valence-corrected chi connectivity index (χ4v) is 1.81. The van der Waals surface area contributed by atoms with Gasteiger partial charge in [-0.1, -0.05) is 6.07 Å². The van der Waals surface area contributed by atoms with E-state index in [1.165, 1.54) is 4.90 Å². The highest BCUT2D eigenvalue weighted by Crippen LogP contribution is 2.22. The predicted octanol–water partition coefficient (Wildman–Crippen LogP) is 1.13. The van der Waals surface area contributed by atoms with Crippen molar-refractivity contribution in [3.63, 3.8) is 0 Å². The Balaban J connectivity index is 1.96. The van der Waals surface area contributed by atoms with E-state index in [-0.39, 0.29) is 24.9 Å². The molecular formula is C12H15N3O3. The van der Waals surface area contributed by atoms with Crippen LogP contribution in [0.3, 0.4) is 0 Å². The van der Waals surface area contributed by atoms with Gasteiger partial charge in [-0.05, 0) is 24.6 Å². The van der Waals surface area contributed by atoms with Crippen molar-refractivity contribution in [2.75, 3.05) is 24.1 Å². The second-order valence-corrected chi connectivity index (χ2v) is 4.46. The first-order chi connectivity index (χ1) is 8.47. The van der Waals surface area contributed by atoms with Crippen LogP contribution in [0.4, 0.5) is 16.2 Å². The van der Waals surface area contributed by atoms with Crippen LogP contribution in [0.1, 0.15) is 5.56 Å². The van der Waals surface area contributed by atoms with E-state index < -0.39 is 6.09 Å². The van der Waals surface area contributed by atoms with Gasteiger partial charge in [0.1, 0.15) is 0 Å². The van der Waals surface area contributed by atoms with Gasteiger partial charge in [0.05, 0.1) is 17.3 Å². The average molecular weight is 249 g/mol. The van der Waals surface area contributed by atoms with E-state index >= 15 is 0 Å². The van der Waals surface area contributed by atoms with Crippen LogP contribution < -0.4 is 11.1 Å². The smallest absolute Gasteiger partial charge is 0.407 e. The zero-order valence-corrected chi connectivity index (χ0v) is 10.0. The highest BCUT2D eigenvalue weighted by molar-refractivity contribution is 5.96. The maximum atomic E-state index is 11.8. The third kappa shape index (κ3) is 2.37. The first kappa shape index (κ1) is 12.2. The van der Waals surface area contributed by atoms with Crippen molar-refractivity contribution in [1.29, 1.82) is 0 Å². The number of amides is 2. The minimum Gasteiger partial charge on any atom is -0.465 e. The number of nitrogen functional groups attached to an aromatic ring is 1. The molecule has 1 aromatic carbocycles. The number of likely N-dealkylation sites (tertiary alicyclic amines) is 1. The lowest BCUT2D eigenvalue weighted by Gasteiger charge is -2.35. The number of anilines is 2. The van der Waals surface area contributed by atoms with E-state index in [4.69, 9.17) is 10.8 Å². The lowest BCUT2D eigenvalue weighted by Crippen LogP contribution is -2.53. The summed E-state index contributed by atoms with van der Waals surface area (Å²) in [5.41, 5.74) is 7.83. The maximum absolute atomic E-state index is 11.8. The summed E-state index contributed by atoms with van der Waals surface area (Å²) in [6, 6.07) is 5.39. The summed E-state index contributed by atoms with van der Waals surface area (Å²) in [6.07, 6.45) is -0.992. The fourth-order valence-electron chi connectivity index (χ4n) is 1.81. The van der Waals surface area contributed by atoms with Gasteiger partial charge in [0.15, 0.2) is 0 Å². The first-order valence-corrected chi connectivity index (χ1v) is 5.62. The van der Waals surface area contributed by atoms with Crippen LogP contribution in [0.25, 0.3) is 0 Å². The molecule has 0 saturated carbocycles. The number of aryl methyl sites for hydroxylation is 1. The fraction of sp³-hybridized carbons (Fsp3) is 0.333. The molecule has 0 aliphatic carbocycles. The van der Waals surface area contributed by atoms with Crippen LogP contribution in [0.15, 0.2) is 18.2 Å². The van der Waals surface area contributed by atoms with Gasteiger partial charge in [-0.15, -0.1) is 0 Å². The molecule has 1 aliphatic heterocycles. The molecular weight excluding hydrogens is 234 g/mol. The van der Waals surface area contributed by atoms with Gasteiger partial charge < -0.3 is 21.1 Å². The number of nitrogens with zero attached hydrogens (tertiary/aromatic N) is 1. The van der Waals surface area contributed by atoms with Crippen molar-refractivity contribution in [3.05, 3.63) is 23.8 Å². The van der Waals surface area contributed by atoms with Crippen molar-refractivity contribution < 1.29 is 14.7 Å². The second kappa shape index (κ2) is 4.56. The molecule has 4 N–H and O–H groups in total. The monoisotopic (exact) mass is 249 g/mol. The zero-order valence-electron chi connectivity index (χ0n) is 10.0. The molecule has 0 atom stereocenters. The van der Waals surface area contributed by atoms with Gasteiger partial charge >= 0.3 is 6.09 Å². The van der Waals surface area contributed by atoms with Gasteiger partial charge in [0, 0.05) is 13.1 Å². The Morgan fingerprint density at radius 3 is 2.72 bits per heavy atom. The van der Waals surface area contributed by atoms with E-state index in [1.807, 2.05) is 13.0 Å². The summed E-state index contributed by atoms with van der Waals surface area (Å²) >= 11 is 0. The summed E-state index contributed by atoms with van der Waals surface area (Å²) in [6.45, 7) is 2.39. The van der Waals surface area contributed by atoms with E-state index in [9.17, 15) is 9.59 Å². The van der Waals surface area contributed by atoms with Gasteiger partial charge in [0.25, 0.3) is 0 Å². The summed E-state index contributed by atoms with van der Waals surface area (Å²) in [5.74, 6) is -0.481. The number of carbonyl (C=O) groups excluding carboxylic acids is 1. The van der Waals surface area contributed by atoms with Crippen molar-refractivity contribution in [2.24, 2.45) is 5.92 Å². The molecule has 0 radical (unpaired) electrons. The molecule has 1 aliphatic rings. The number of nitrogens with two attached hydrogens (primary N) is 1. The molecule has 1 saturated heterocycles. The Bertz CT molecular complexity index is 495. The lowest BCUT2D eigenvalue weighted by molar-refractivity contribution is -0.123. The van der Waals surface area contributed by atoms with Gasteiger partial charge in [-0.3, -0.25) is 4.79 Å². The molecule has 2 amide bonds. The van der Waals surface area contributed by atoms with Gasteiger partial charge in [-0.2, -0.15) is 0 Å². The van der Waals surface area contributed by atoms with Gasteiger partial charge in [0.2, 0.25) is 5.91 Å². The second-order valence-electron chi connectivity index (χ2n) is 4.46. The van der Waals surface area contributed by atoms with Crippen molar-refractivity contribution in [2.45, 2.75) is 6.92 Å². The third-order valence-electron chi connectivity index (χ3n) is 2.99. The molecule has 0 bridgehead atoms. The molecule has 6 nitrogen and oxygen atoms in total.